The van der Waals surface area contributed by atoms with Gasteiger partial charge in [-0.2, -0.15) is 14.5 Å². The molecule has 2 aliphatic heterocycles. The van der Waals surface area contributed by atoms with Crippen molar-refractivity contribution in [1.29, 1.82) is 0 Å². The molecule has 0 amide bonds. The van der Waals surface area contributed by atoms with E-state index in [1.165, 1.54) is 23.5 Å². The second-order valence-electron chi connectivity index (χ2n) is 14.5. The number of hydrogen-bond acceptors (Lipinski definition) is 9. The van der Waals surface area contributed by atoms with Crippen molar-refractivity contribution in [3.63, 3.8) is 0 Å². The van der Waals surface area contributed by atoms with Crippen LogP contribution in [-0.4, -0.2) is 68.4 Å². The molecule has 56 heavy (non-hydrogen) atoms. The van der Waals surface area contributed by atoms with Crippen LogP contribution in [0.2, 0.25) is 5.02 Å². The number of carbonyl (C=O) groups excluding carboxylic acids is 1. The summed E-state index contributed by atoms with van der Waals surface area (Å²) in [5.74, 6) is 0.320. The summed E-state index contributed by atoms with van der Waals surface area (Å²) >= 11 is 8.73. The molecule has 5 heterocycles. The normalized spacial score (nSPS) is 17.0. The van der Waals surface area contributed by atoms with Crippen LogP contribution < -0.4 is 4.74 Å². The van der Waals surface area contributed by atoms with E-state index in [2.05, 4.69) is 0 Å². The van der Waals surface area contributed by atoms with Crippen LogP contribution >= 0.6 is 23.4 Å². The van der Waals surface area contributed by atoms with E-state index in [0.717, 1.165) is 32.6 Å². The molecule has 1 saturated carbocycles. The van der Waals surface area contributed by atoms with E-state index < -0.39 is 21.2 Å². The number of aromatic nitrogens is 5. The van der Waals surface area contributed by atoms with Gasteiger partial charge in [-0.15, -0.1) is 11.8 Å². The second-order valence-corrected chi connectivity index (χ2v) is 18.2. The van der Waals surface area contributed by atoms with Crippen LogP contribution in [0.1, 0.15) is 58.1 Å². The Bertz CT molecular complexity index is 2670. The predicted molar refractivity (Wildman–Crippen MR) is 212 cm³/mol. The van der Waals surface area contributed by atoms with E-state index in [1.54, 1.807) is 22.5 Å². The third-order valence-corrected chi connectivity index (χ3v) is 14.5. The first-order chi connectivity index (χ1) is 27.0. The van der Waals surface area contributed by atoms with Crippen molar-refractivity contribution in [2.75, 3.05) is 20.3 Å². The highest BCUT2D eigenvalue weighted by molar-refractivity contribution is 7.98. The molecular weight excluding hydrogens is 779 g/mol. The van der Waals surface area contributed by atoms with Crippen molar-refractivity contribution in [3.8, 4) is 16.9 Å². The van der Waals surface area contributed by atoms with Gasteiger partial charge in [0.15, 0.2) is 0 Å². The number of thioether (sulfide) groups is 1. The number of nitrogens with zero attached hydrogens (tertiary/aromatic N) is 6. The lowest BCUT2D eigenvalue weighted by atomic mass is 9.96. The van der Waals surface area contributed by atoms with Gasteiger partial charge in [-0.25, -0.2) is 17.6 Å². The molecule has 0 radical (unpaired) electrons. The van der Waals surface area contributed by atoms with Crippen LogP contribution in [0, 0.1) is 12.7 Å². The van der Waals surface area contributed by atoms with E-state index in [0.29, 0.717) is 101 Å². The number of methoxy groups -OCH3 is 1. The molecule has 3 aliphatic rings. The first-order valence-corrected chi connectivity index (χ1v) is 21.4. The highest BCUT2D eigenvalue weighted by atomic mass is 35.5. The molecule has 6 aromatic rings. The Kier molecular flexibility index (Phi) is 9.64. The van der Waals surface area contributed by atoms with Gasteiger partial charge in [-0.05, 0) is 85.7 Å². The minimum absolute atomic E-state index is 0.0150. The molecule has 12 nitrogen and oxygen atoms in total. The van der Waals surface area contributed by atoms with Crippen LogP contribution in [0.15, 0.2) is 53.4 Å². The SMILES string of the molecule is COC(=O)c1c(C)c2c3c(Cl)ccc2n1CCCOc1cc(cc2cc(F)ccc12)SCc1cc(nn1C)CN(S(=O)(=O)C1CC1)Cc1nn2c(c1-3)COCC2. The average molecular weight is 819 g/mol. The Labute approximate surface area is 332 Å². The minimum atomic E-state index is -3.74. The fourth-order valence-corrected chi connectivity index (χ4v) is 11.0. The fourth-order valence-electron chi connectivity index (χ4n) is 8.04. The number of halogens is 2. The third-order valence-electron chi connectivity index (χ3n) is 10.9. The van der Waals surface area contributed by atoms with Crippen LogP contribution in [0.25, 0.3) is 32.8 Å². The van der Waals surface area contributed by atoms with E-state index >= 15 is 0 Å². The molecule has 0 spiro atoms. The molecule has 3 aromatic heterocycles. The van der Waals surface area contributed by atoms with Gasteiger partial charge in [0.1, 0.15) is 17.3 Å². The van der Waals surface area contributed by atoms with Gasteiger partial charge in [0, 0.05) is 62.4 Å². The van der Waals surface area contributed by atoms with E-state index in [4.69, 9.17) is 36.0 Å². The topological polar surface area (TPSA) is 123 Å². The summed E-state index contributed by atoms with van der Waals surface area (Å²) in [6, 6.07) is 14.2. The largest absolute Gasteiger partial charge is 0.493 e. The molecule has 16 heteroatoms. The van der Waals surface area contributed by atoms with Gasteiger partial charge in [0.25, 0.3) is 0 Å². The van der Waals surface area contributed by atoms with Crippen LogP contribution in [0.3, 0.4) is 0 Å². The van der Waals surface area contributed by atoms with Gasteiger partial charge in [-0.3, -0.25) is 9.36 Å². The predicted octanol–water partition coefficient (Wildman–Crippen LogP) is 7.38. The van der Waals surface area contributed by atoms with Crippen molar-refractivity contribution in [2.24, 2.45) is 7.05 Å². The summed E-state index contributed by atoms with van der Waals surface area (Å²) in [6.07, 6.45) is 1.72. The summed E-state index contributed by atoms with van der Waals surface area (Å²) in [6.45, 7) is 3.85. The number of ether oxygens (including phenoxy) is 3. The van der Waals surface area contributed by atoms with E-state index in [1.807, 2.05) is 53.6 Å². The summed E-state index contributed by atoms with van der Waals surface area (Å²) in [4.78, 5) is 14.4. The van der Waals surface area contributed by atoms with Crippen molar-refractivity contribution in [3.05, 3.63) is 93.4 Å². The third kappa shape index (κ3) is 6.56. The molecule has 9 rings (SSSR count). The Morgan fingerprint density at radius 3 is 2.68 bits per heavy atom. The minimum Gasteiger partial charge on any atom is -0.493 e. The maximum Gasteiger partial charge on any atom is 0.354 e. The van der Waals surface area contributed by atoms with Crippen molar-refractivity contribution in [2.45, 2.75) is 74.9 Å². The number of sulfonamides is 1. The van der Waals surface area contributed by atoms with Crippen LogP contribution in [0.4, 0.5) is 4.39 Å². The quantitative estimate of drug-likeness (QED) is 0.169. The summed E-state index contributed by atoms with van der Waals surface area (Å²) in [5, 5.41) is 12.0. The van der Waals surface area contributed by atoms with E-state index in [-0.39, 0.29) is 25.5 Å². The summed E-state index contributed by atoms with van der Waals surface area (Å²) < 4.78 is 67.8. The number of esters is 1. The first kappa shape index (κ1) is 37.2. The molecular formula is C40H40ClFN6O6S2. The lowest BCUT2D eigenvalue weighted by molar-refractivity contribution is 0.0587. The molecule has 0 saturated heterocycles. The first-order valence-electron chi connectivity index (χ1n) is 18.6. The monoisotopic (exact) mass is 818 g/mol. The molecule has 1 aliphatic carbocycles. The van der Waals surface area contributed by atoms with Gasteiger partial charge in [-0.1, -0.05) is 11.6 Å². The highest BCUT2D eigenvalue weighted by Gasteiger charge is 2.41. The standard InChI is InChI=1S/C40H40ClFN6O6S2/c1-23-36-33-10-9-31(41)37(36)38-32(44-48-12-14-53-21-34(38)48)20-46(56(50,51)29-6-7-29)19-26-17-27(45(2)43-26)22-55-28-16-24-15-25(42)5-8-30(24)35(18-28)54-13-4-11-47(33)39(23)40(49)52-3/h5,8-10,15-18,29H,4,6-7,11-14,19-22H2,1-3H3. The molecule has 0 N–H and O–H groups in total. The zero-order valence-electron chi connectivity index (χ0n) is 31.2. The maximum atomic E-state index is 14.5. The Morgan fingerprint density at radius 2 is 1.88 bits per heavy atom. The van der Waals surface area contributed by atoms with Gasteiger partial charge in [0.05, 0.1) is 68.9 Å². The highest BCUT2D eigenvalue weighted by Crippen LogP contribution is 2.44. The molecule has 0 unspecified atom stereocenters. The molecule has 3 aromatic carbocycles. The Hall–Kier alpha value is -4.41. The smallest absolute Gasteiger partial charge is 0.354 e. The maximum absolute atomic E-state index is 14.5. The lowest BCUT2D eigenvalue weighted by Crippen LogP contribution is -2.33. The number of aryl methyl sites for hydroxylation is 3. The Morgan fingerprint density at radius 1 is 1.04 bits per heavy atom. The average Bonchev–Trinajstić information content (AvgIpc) is 3.83. The lowest BCUT2D eigenvalue weighted by Gasteiger charge is -2.21. The summed E-state index contributed by atoms with van der Waals surface area (Å²) in [7, 11) is -0.526. The zero-order valence-corrected chi connectivity index (χ0v) is 33.6. The fraction of sp³-hybridized carbons (Fsp3) is 0.375. The zero-order chi connectivity index (χ0) is 38.9. The summed E-state index contributed by atoms with van der Waals surface area (Å²) in [5.41, 5.74) is 6.01. The molecule has 1 fully saturated rings. The number of fused-ring (bicyclic) bond motifs is 10. The van der Waals surface area contributed by atoms with Crippen LogP contribution in [0.5, 0.6) is 5.75 Å². The Balaban J connectivity index is 1.24. The van der Waals surface area contributed by atoms with Gasteiger partial charge in [0.2, 0.25) is 10.0 Å². The van der Waals surface area contributed by atoms with E-state index in [9.17, 15) is 17.6 Å². The number of carbonyl (C=O) groups is 1. The van der Waals surface area contributed by atoms with Crippen LogP contribution in [-0.2, 0) is 65.1 Å². The number of benzene rings is 3. The molecule has 8 bridgehead atoms. The van der Waals surface area contributed by atoms with Crippen molar-refractivity contribution < 1.29 is 31.8 Å². The van der Waals surface area contributed by atoms with Crippen molar-refractivity contribution in [1.82, 2.24) is 28.4 Å². The van der Waals surface area contributed by atoms with Crippen molar-refractivity contribution >= 4 is 61.0 Å². The molecule has 292 valence electrons. The number of rotatable bonds is 3. The number of hydrogen-bond donors (Lipinski definition) is 0. The molecule has 0 atom stereocenters. The van der Waals surface area contributed by atoms with Gasteiger partial charge < -0.3 is 18.8 Å². The van der Waals surface area contributed by atoms with Gasteiger partial charge >= 0.3 is 5.97 Å². The second kappa shape index (κ2) is 14.5.